The quantitative estimate of drug-likeness (QED) is 0.348. The highest BCUT2D eigenvalue weighted by atomic mass is 19.5. The number of aryl methyl sites for hydroxylation is 1. The Balaban J connectivity index is 0.000000347. The average Bonchev–Trinajstić information content (AvgIpc) is 2.25. The molecule has 0 saturated carbocycles. The molecule has 0 amide bonds. The predicted molar refractivity (Wildman–Crippen MR) is 74.2 cm³/mol. The molecule has 0 bridgehead atoms. The second kappa shape index (κ2) is 5.81. The van der Waals surface area contributed by atoms with E-state index >= 15 is 0 Å². The van der Waals surface area contributed by atoms with E-state index in [0.717, 1.165) is 11.3 Å². The van der Waals surface area contributed by atoms with Crippen molar-refractivity contribution in [1.29, 1.82) is 0 Å². The Hall–Kier alpha value is -1.59. The summed E-state index contributed by atoms with van der Waals surface area (Å²) in [6, 6.07) is 10.3. The first-order chi connectivity index (χ1) is 8.98. The van der Waals surface area contributed by atoms with Gasteiger partial charge in [0.2, 0.25) is 0 Å². The fourth-order valence-electron chi connectivity index (χ4n) is 1.67. The molecule has 1 heterocycles. The Labute approximate surface area is 115 Å². The predicted octanol–water partition coefficient (Wildman–Crippen LogP) is 5.62. The summed E-state index contributed by atoms with van der Waals surface area (Å²) in [4.78, 5) is 0. The molecule has 0 aliphatic heterocycles. The smallest absolute Gasteiger partial charge is 0.418 e. The monoisotopic (exact) mass is 288 g/mol. The summed E-state index contributed by atoms with van der Waals surface area (Å²) >= 11 is 0. The minimum atomic E-state index is -6.00. The van der Waals surface area contributed by atoms with E-state index in [1.54, 1.807) is 0 Å². The van der Waals surface area contributed by atoms with Gasteiger partial charge in [-0.25, -0.2) is 4.42 Å². The lowest BCUT2D eigenvalue weighted by atomic mass is 9.91. The summed E-state index contributed by atoms with van der Waals surface area (Å²) in [6.45, 7) is 8.63. The number of halogens is 4. The molecule has 2 rings (SSSR count). The van der Waals surface area contributed by atoms with Gasteiger partial charge in [0.05, 0.1) is 10.8 Å². The van der Waals surface area contributed by atoms with Crippen molar-refractivity contribution in [2.45, 2.75) is 33.1 Å². The van der Waals surface area contributed by atoms with Gasteiger partial charge in [0.25, 0.3) is 0 Å². The standard InChI is InChI=1S/C14H17O.BF4/c1-10-9-13(14(2,3)4)15-12-8-6-5-7-11(10)12;2-1(3,4)5/h5-9H,1-4H3;/q+1;-1. The highest BCUT2D eigenvalue weighted by Gasteiger charge is 2.27. The third-order valence-corrected chi connectivity index (χ3v) is 2.62. The van der Waals surface area contributed by atoms with Crippen molar-refractivity contribution in [3.8, 4) is 0 Å². The summed E-state index contributed by atoms with van der Waals surface area (Å²) in [6.07, 6.45) is 0. The summed E-state index contributed by atoms with van der Waals surface area (Å²) in [5, 5.41) is 1.20. The summed E-state index contributed by atoms with van der Waals surface area (Å²) in [5.74, 6) is 1.04. The lowest BCUT2D eigenvalue weighted by molar-refractivity contribution is 0.368. The van der Waals surface area contributed by atoms with Gasteiger partial charge in [0, 0.05) is 12.1 Å². The number of benzene rings is 1. The third-order valence-electron chi connectivity index (χ3n) is 2.62. The van der Waals surface area contributed by atoms with Gasteiger partial charge < -0.3 is 17.3 Å². The Morgan fingerprint density at radius 2 is 1.50 bits per heavy atom. The van der Waals surface area contributed by atoms with Crippen molar-refractivity contribution in [3.63, 3.8) is 0 Å². The van der Waals surface area contributed by atoms with E-state index in [0.29, 0.717) is 0 Å². The first-order valence-corrected chi connectivity index (χ1v) is 6.19. The van der Waals surface area contributed by atoms with E-state index in [1.165, 1.54) is 10.9 Å². The van der Waals surface area contributed by atoms with Crippen molar-refractivity contribution in [3.05, 3.63) is 41.7 Å². The fourth-order valence-corrected chi connectivity index (χ4v) is 1.67. The molecule has 6 heteroatoms. The molecule has 0 atom stereocenters. The van der Waals surface area contributed by atoms with Gasteiger partial charge in [-0.05, 0) is 39.3 Å². The average molecular weight is 288 g/mol. The maximum absolute atomic E-state index is 9.75. The van der Waals surface area contributed by atoms with Crippen LogP contribution in [-0.2, 0) is 5.41 Å². The lowest BCUT2D eigenvalue weighted by Crippen LogP contribution is -2.11. The van der Waals surface area contributed by atoms with E-state index in [2.05, 4.69) is 39.8 Å². The molecular formula is C14H17BF4O. The highest BCUT2D eigenvalue weighted by molar-refractivity contribution is 6.50. The fraction of sp³-hybridized carbons (Fsp3) is 0.357. The molecule has 0 aliphatic carbocycles. The van der Waals surface area contributed by atoms with Crippen molar-refractivity contribution in [1.82, 2.24) is 0 Å². The van der Waals surface area contributed by atoms with E-state index < -0.39 is 7.25 Å². The van der Waals surface area contributed by atoms with Gasteiger partial charge in [-0.3, -0.25) is 0 Å². The normalized spacial score (nSPS) is 12.0. The van der Waals surface area contributed by atoms with Crippen LogP contribution in [0.4, 0.5) is 17.3 Å². The summed E-state index contributed by atoms with van der Waals surface area (Å²) in [5.41, 5.74) is 2.32. The summed E-state index contributed by atoms with van der Waals surface area (Å²) in [7, 11) is -6.00. The molecule has 0 saturated heterocycles. The molecule has 0 radical (unpaired) electrons. The van der Waals surface area contributed by atoms with Crippen LogP contribution in [0.1, 0.15) is 32.1 Å². The van der Waals surface area contributed by atoms with E-state index in [9.17, 15) is 17.3 Å². The van der Waals surface area contributed by atoms with Gasteiger partial charge >= 0.3 is 18.6 Å². The van der Waals surface area contributed by atoms with Crippen LogP contribution in [0.15, 0.2) is 34.7 Å². The zero-order valence-electron chi connectivity index (χ0n) is 11.9. The third kappa shape index (κ3) is 5.19. The topological polar surface area (TPSA) is 11.3 Å². The first-order valence-electron chi connectivity index (χ1n) is 6.19. The number of fused-ring (bicyclic) bond motifs is 1. The van der Waals surface area contributed by atoms with Crippen LogP contribution >= 0.6 is 0 Å². The first kappa shape index (κ1) is 16.5. The van der Waals surface area contributed by atoms with Gasteiger partial charge in [-0.2, -0.15) is 0 Å². The molecule has 0 unspecified atom stereocenters. The van der Waals surface area contributed by atoms with Crippen molar-refractivity contribution >= 4 is 18.2 Å². The number of rotatable bonds is 0. The second-order valence-corrected chi connectivity index (χ2v) is 5.53. The van der Waals surface area contributed by atoms with Crippen LogP contribution in [-0.4, -0.2) is 7.25 Å². The Morgan fingerprint density at radius 1 is 1.00 bits per heavy atom. The molecule has 110 valence electrons. The molecule has 1 aromatic heterocycles. The van der Waals surface area contributed by atoms with Crippen LogP contribution in [0.5, 0.6) is 0 Å². The van der Waals surface area contributed by atoms with Gasteiger partial charge in [-0.1, -0.05) is 12.1 Å². The number of hydrogen-bond donors (Lipinski definition) is 0. The van der Waals surface area contributed by atoms with Crippen molar-refractivity contribution in [2.24, 2.45) is 0 Å². The zero-order chi connectivity index (χ0) is 15.6. The maximum Gasteiger partial charge on any atom is 0.673 e. The molecule has 0 N–H and O–H groups in total. The molecule has 1 aromatic carbocycles. The van der Waals surface area contributed by atoms with Gasteiger partial charge in [0.15, 0.2) is 0 Å². The van der Waals surface area contributed by atoms with Crippen LogP contribution in [0, 0.1) is 6.92 Å². The molecular weight excluding hydrogens is 271 g/mol. The molecule has 0 aliphatic rings. The Bertz CT molecular complexity index is 582. The van der Waals surface area contributed by atoms with Gasteiger partial charge in [-0.15, -0.1) is 0 Å². The SMILES string of the molecule is Cc1cc(C(C)(C)C)[o+]c2ccccc12.F[B-](F)(F)F. The molecule has 20 heavy (non-hydrogen) atoms. The second-order valence-electron chi connectivity index (χ2n) is 5.53. The van der Waals surface area contributed by atoms with Crippen molar-refractivity contribution < 1.29 is 21.7 Å². The lowest BCUT2D eigenvalue weighted by Gasteiger charge is -2.09. The summed E-state index contributed by atoms with van der Waals surface area (Å²) < 4.78 is 44.9. The Morgan fingerprint density at radius 3 is 2.00 bits per heavy atom. The van der Waals surface area contributed by atoms with Crippen LogP contribution in [0.25, 0.3) is 11.0 Å². The Kier molecular flexibility index (Phi) is 4.79. The van der Waals surface area contributed by atoms with Crippen LogP contribution < -0.4 is 0 Å². The van der Waals surface area contributed by atoms with Crippen LogP contribution in [0.3, 0.4) is 0 Å². The van der Waals surface area contributed by atoms with Crippen molar-refractivity contribution in [2.75, 3.05) is 0 Å². The largest absolute Gasteiger partial charge is 0.673 e. The molecule has 0 fully saturated rings. The van der Waals surface area contributed by atoms with E-state index in [4.69, 9.17) is 4.42 Å². The number of para-hydroxylation sites is 1. The minimum absolute atomic E-state index is 0.0643. The van der Waals surface area contributed by atoms with Gasteiger partial charge in [0.1, 0.15) is 0 Å². The minimum Gasteiger partial charge on any atom is -0.418 e. The highest BCUT2D eigenvalue weighted by Crippen LogP contribution is 2.28. The number of hydrogen-bond acceptors (Lipinski definition) is 0. The molecule has 1 nitrogen and oxygen atoms in total. The maximum atomic E-state index is 9.75. The zero-order valence-corrected chi connectivity index (χ0v) is 11.9. The molecule has 0 spiro atoms. The molecule has 2 aromatic rings. The van der Waals surface area contributed by atoms with E-state index in [-0.39, 0.29) is 5.41 Å². The van der Waals surface area contributed by atoms with Crippen LogP contribution in [0.2, 0.25) is 0 Å². The van der Waals surface area contributed by atoms with E-state index in [1.807, 2.05) is 18.2 Å².